The molecular formula is C15H25NO3S. The molecule has 0 aromatic carbocycles. The van der Waals surface area contributed by atoms with Crippen molar-refractivity contribution in [3.05, 3.63) is 0 Å². The van der Waals surface area contributed by atoms with Gasteiger partial charge in [-0.15, -0.1) is 0 Å². The van der Waals surface area contributed by atoms with Crippen LogP contribution in [0.4, 0.5) is 0 Å². The van der Waals surface area contributed by atoms with Gasteiger partial charge >= 0.3 is 5.97 Å². The summed E-state index contributed by atoms with van der Waals surface area (Å²) in [5.74, 6) is -0.0665. The maximum absolute atomic E-state index is 12.2. The van der Waals surface area contributed by atoms with Crippen LogP contribution in [0.1, 0.15) is 45.4 Å². The van der Waals surface area contributed by atoms with Crippen molar-refractivity contribution < 1.29 is 14.3 Å². The quantitative estimate of drug-likeness (QED) is 0.788. The third kappa shape index (κ3) is 3.00. The Morgan fingerprint density at radius 3 is 2.75 bits per heavy atom. The van der Waals surface area contributed by atoms with E-state index in [1.165, 1.54) is 20.0 Å². The van der Waals surface area contributed by atoms with Gasteiger partial charge in [0.2, 0.25) is 0 Å². The van der Waals surface area contributed by atoms with Gasteiger partial charge < -0.3 is 9.47 Å². The lowest BCUT2D eigenvalue weighted by Gasteiger charge is -2.28. The highest BCUT2D eigenvalue weighted by Crippen LogP contribution is 2.43. The van der Waals surface area contributed by atoms with Gasteiger partial charge in [-0.25, -0.2) is 0 Å². The van der Waals surface area contributed by atoms with E-state index in [1.807, 2.05) is 11.8 Å². The Hall–Kier alpha value is -0.260. The standard InChI is InChI=1S/C15H25NO3S/c1-10-13(6-8-19-10)20-12-5-7-15(9-12,14(17)18-2)16-11-3-4-11/h10-13,16H,3-9H2,1-2H3. The van der Waals surface area contributed by atoms with E-state index in [0.717, 1.165) is 32.3 Å². The van der Waals surface area contributed by atoms with E-state index in [2.05, 4.69) is 12.2 Å². The van der Waals surface area contributed by atoms with Crippen molar-refractivity contribution in [3.8, 4) is 0 Å². The van der Waals surface area contributed by atoms with Gasteiger partial charge in [-0.05, 0) is 45.4 Å². The fraction of sp³-hybridized carbons (Fsp3) is 0.933. The molecule has 0 aromatic rings. The highest BCUT2D eigenvalue weighted by atomic mass is 32.2. The minimum atomic E-state index is -0.420. The molecule has 4 atom stereocenters. The van der Waals surface area contributed by atoms with Gasteiger partial charge in [-0.3, -0.25) is 10.1 Å². The molecule has 20 heavy (non-hydrogen) atoms. The van der Waals surface area contributed by atoms with Crippen molar-refractivity contribution in [2.75, 3.05) is 13.7 Å². The number of ether oxygens (including phenoxy) is 2. The summed E-state index contributed by atoms with van der Waals surface area (Å²) in [6, 6.07) is 0.534. The first kappa shape index (κ1) is 14.7. The summed E-state index contributed by atoms with van der Waals surface area (Å²) >= 11 is 2.03. The van der Waals surface area contributed by atoms with Gasteiger partial charge in [-0.2, -0.15) is 11.8 Å². The van der Waals surface area contributed by atoms with E-state index >= 15 is 0 Å². The second-order valence-electron chi connectivity index (χ2n) is 6.40. The van der Waals surface area contributed by atoms with Gasteiger partial charge in [-0.1, -0.05) is 0 Å². The second-order valence-corrected chi connectivity index (χ2v) is 7.94. The molecule has 1 heterocycles. The van der Waals surface area contributed by atoms with E-state index < -0.39 is 5.54 Å². The van der Waals surface area contributed by atoms with Gasteiger partial charge in [0, 0.05) is 23.1 Å². The summed E-state index contributed by atoms with van der Waals surface area (Å²) in [5, 5.41) is 4.71. The first-order chi connectivity index (χ1) is 9.63. The molecule has 4 nitrogen and oxygen atoms in total. The van der Waals surface area contributed by atoms with E-state index in [4.69, 9.17) is 9.47 Å². The molecule has 0 bridgehead atoms. The molecular weight excluding hydrogens is 274 g/mol. The number of thioether (sulfide) groups is 1. The van der Waals surface area contributed by atoms with Crippen LogP contribution in [0.25, 0.3) is 0 Å². The monoisotopic (exact) mass is 299 g/mol. The van der Waals surface area contributed by atoms with Crippen LogP contribution in [0.3, 0.4) is 0 Å². The molecule has 2 aliphatic carbocycles. The third-order valence-corrected chi connectivity index (χ3v) is 6.53. The van der Waals surface area contributed by atoms with Crippen LogP contribution in [-0.4, -0.2) is 47.9 Å². The average molecular weight is 299 g/mol. The number of carbonyl (C=O) groups is 1. The lowest BCUT2D eigenvalue weighted by atomic mass is 9.97. The van der Waals surface area contributed by atoms with Crippen LogP contribution >= 0.6 is 11.8 Å². The molecule has 0 amide bonds. The first-order valence-corrected chi connectivity index (χ1v) is 8.70. The van der Waals surface area contributed by atoms with Crippen LogP contribution in [0.2, 0.25) is 0 Å². The first-order valence-electron chi connectivity index (χ1n) is 7.76. The van der Waals surface area contributed by atoms with Crippen molar-refractivity contribution in [2.24, 2.45) is 0 Å². The Balaban J connectivity index is 1.61. The Bertz CT molecular complexity index is 374. The maximum Gasteiger partial charge on any atom is 0.326 e. The Morgan fingerprint density at radius 1 is 1.35 bits per heavy atom. The van der Waals surface area contributed by atoms with E-state index in [1.54, 1.807) is 0 Å². The van der Waals surface area contributed by atoms with Crippen LogP contribution in [-0.2, 0) is 14.3 Å². The number of esters is 1. The molecule has 1 aliphatic heterocycles. The molecule has 3 fully saturated rings. The molecule has 1 saturated heterocycles. The van der Waals surface area contributed by atoms with Crippen molar-refractivity contribution >= 4 is 17.7 Å². The highest BCUT2D eigenvalue weighted by molar-refractivity contribution is 8.00. The zero-order valence-electron chi connectivity index (χ0n) is 12.4. The summed E-state index contributed by atoms with van der Waals surface area (Å²) in [4.78, 5) is 12.2. The molecule has 0 spiro atoms. The smallest absolute Gasteiger partial charge is 0.326 e. The lowest BCUT2D eigenvalue weighted by molar-refractivity contribution is -0.148. The largest absolute Gasteiger partial charge is 0.468 e. The van der Waals surface area contributed by atoms with Crippen molar-refractivity contribution in [2.45, 2.75) is 73.6 Å². The number of hydrogen-bond acceptors (Lipinski definition) is 5. The molecule has 114 valence electrons. The predicted molar refractivity (Wildman–Crippen MR) is 80.0 cm³/mol. The summed E-state index contributed by atoms with van der Waals surface area (Å²) in [5.41, 5.74) is -0.420. The molecule has 3 rings (SSSR count). The van der Waals surface area contributed by atoms with Gasteiger partial charge in [0.15, 0.2) is 0 Å². The van der Waals surface area contributed by atoms with Crippen LogP contribution in [0.5, 0.6) is 0 Å². The van der Waals surface area contributed by atoms with Crippen LogP contribution < -0.4 is 5.32 Å². The third-order valence-electron chi connectivity index (χ3n) is 4.78. The molecule has 0 radical (unpaired) electrons. The summed E-state index contributed by atoms with van der Waals surface area (Å²) in [6.45, 7) is 3.05. The van der Waals surface area contributed by atoms with Gasteiger partial charge in [0.1, 0.15) is 5.54 Å². The van der Waals surface area contributed by atoms with E-state index in [0.29, 0.717) is 22.6 Å². The molecule has 0 aromatic heterocycles. The molecule has 3 aliphatic rings. The van der Waals surface area contributed by atoms with Crippen molar-refractivity contribution in [3.63, 3.8) is 0 Å². The van der Waals surface area contributed by atoms with Gasteiger partial charge in [0.25, 0.3) is 0 Å². The topological polar surface area (TPSA) is 47.6 Å². The lowest BCUT2D eigenvalue weighted by Crippen LogP contribution is -2.52. The zero-order valence-corrected chi connectivity index (χ0v) is 13.2. The normalized spacial score (nSPS) is 41.0. The Morgan fingerprint density at radius 2 is 2.15 bits per heavy atom. The SMILES string of the molecule is COC(=O)C1(NC2CC2)CCC(SC2CCOC2C)C1. The number of methoxy groups -OCH3 is 1. The van der Waals surface area contributed by atoms with Crippen LogP contribution in [0, 0.1) is 0 Å². The molecule has 2 saturated carbocycles. The van der Waals surface area contributed by atoms with Crippen molar-refractivity contribution in [1.29, 1.82) is 0 Å². The minimum Gasteiger partial charge on any atom is -0.468 e. The molecule has 5 heteroatoms. The number of rotatable bonds is 5. The molecule has 1 N–H and O–H groups in total. The average Bonchev–Trinajstić information content (AvgIpc) is 3.02. The van der Waals surface area contributed by atoms with E-state index in [-0.39, 0.29) is 5.97 Å². The minimum absolute atomic E-state index is 0.0665. The van der Waals surface area contributed by atoms with Crippen LogP contribution in [0.15, 0.2) is 0 Å². The second kappa shape index (κ2) is 5.85. The Kier molecular flexibility index (Phi) is 4.29. The predicted octanol–water partition coefficient (Wildman–Crippen LogP) is 2.11. The van der Waals surface area contributed by atoms with E-state index in [9.17, 15) is 4.79 Å². The maximum atomic E-state index is 12.2. The number of hydrogen-bond donors (Lipinski definition) is 1. The van der Waals surface area contributed by atoms with Crippen molar-refractivity contribution in [1.82, 2.24) is 5.32 Å². The highest BCUT2D eigenvalue weighted by Gasteiger charge is 2.49. The summed E-state index contributed by atoms with van der Waals surface area (Å²) in [6.07, 6.45) is 6.81. The zero-order chi connectivity index (χ0) is 14.2. The number of nitrogens with one attached hydrogen (secondary N) is 1. The summed E-state index contributed by atoms with van der Waals surface area (Å²) in [7, 11) is 1.51. The summed E-state index contributed by atoms with van der Waals surface area (Å²) < 4.78 is 10.7. The van der Waals surface area contributed by atoms with Gasteiger partial charge in [0.05, 0.1) is 13.2 Å². The Labute approximate surface area is 125 Å². The fourth-order valence-corrected chi connectivity index (χ4v) is 5.10. The number of carbonyl (C=O) groups excluding carboxylic acids is 1. The molecule has 4 unspecified atom stereocenters. The fourth-order valence-electron chi connectivity index (χ4n) is 3.44.